The quantitative estimate of drug-likeness (QED) is 0.450. The number of hydrogen-bond acceptors (Lipinski definition) is 6. The summed E-state index contributed by atoms with van der Waals surface area (Å²) in [5, 5.41) is 11.7. The third kappa shape index (κ3) is 6.52. The topological polar surface area (TPSA) is 80.0 Å². The molecule has 0 saturated carbocycles. The number of furan rings is 1. The van der Waals surface area contributed by atoms with Gasteiger partial charge < -0.3 is 14.3 Å². The van der Waals surface area contributed by atoms with Gasteiger partial charge in [0.25, 0.3) is 0 Å². The summed E-state index contributed by atoms with van der Waals surface area (Å²) in [5.41, 5.74) is 0.682. The fourth-order valence-electron chi connectivity index (χ4n) is 3.93. The van der Waals surface area contributed by atoms with Gasteiger partial charge in [-0.2, -0.15) is 0 Å². The molecule has 1 saturated heterocycles. The monoisotopic (exact) mass is 509 g/mol. The third-order valence-electron chi connectivity index (χ3n) is 5.57. The molecule has 6 nitrogen and oxygen atoms in total. The first kappa shape index (κ1) is 24.1. The number of sulfone groups is 1. The van der Waals surface area contributed by atoms with Crippen LogP contribution in [0.15, 0.2) is 65.1 Å². The van der Waals surface area contributed by atoms with Crippen LogP contribution in [0, 0.1) is 0 Å². The van der Waals surface area contributed by atoms with Crippen molar-refractivity contribution >= 4 is 33.0 Å². The van der Waals surface area contributed by atoms with Crippen LogP contribution in [0.25, 0.3) is 11.3 Å². The number of hydrogen-bond donors (Lipinski definition) is 1. The molecule has 2 heterocycles. The predicted molar refractivity (Wildman–Crippen MR) is 130 cm³/mol. The molecule has 0 spiro atoms. The molecule has 9 heteroatoms. The predicted octanol–water partition coefficient (Wildman–Crippen LogP) is 4.68. The first-order chi connectivity index (χ1) is 15.8. The van der Waals surface area contributed by atoms with Gasteiger partial charge in [-0.15, -0.1) is 0 Å². The van der Waals surface area contributed by atoms with E-state index in [4.69, 9.17) is 32.4 Å². The lowest BCUT2D eigenvalue weighted by Gasteiger charge is -2.29. The summed E-state index contributed by atoms with van der Waals surface area (Å²) in [4.78, 5) is 1.95. The number of halogens is 2. The molecule has 2 aromatic carbocycles. The van der Waals surface area contributed by atoms with Crippen LogP contribution < -0.4 is 4.74 Å². The maximum Gasteiger partial charge on any atom is 0.151 e. The Labute approximate surface area is 203 Å². The maximum atomic E-state index is 12.1. The van der Waals surface area contributed by atoms with Crippen molar-refractivity contribution in [2.45, 2.75) is 25.1 Å². The third-order valence-corrected chi connectivity index (χ3v) is 7.89. The van der Waals surface area contributed by atoms with Crippen LogP contribution in [0.3, 0.4) is 0 Å². The molecular weight excluding hydrogens is 485 g/mol. The lowest BCUT2D eigenvalue weighted by Crippen LogP contribution is -2.42. The first-order valence-corrected chi connectivity index (χ1v) is 13.2. The van der Waals surface area contributed by atoms with E-state index in [0.717, 1.165) is 0 Å². The summed E-state index contributed by atoms with van der Waals surface area (Å²) in [5.74, 6) is 2.09. The number of benzene rings is 2. The summed E-state index contributed by atoms with van der Waals surface area (Å²) in [7, 11) is -3.09. The van der Waals surface area contributed by atoms with Crippen molar-refractivity contribution in [3.8, 4) is 17.1 Å². The number of aliphatic hydroxyl groups excluding tert-OH is 1. The summed E-state index contributed by atoms with van der Waals surface area (Å²) in [6.45, 7) is 0.698. The minimum atomic E-state index is -3.09. The summed E-state index contributed by atoms with van der Waals surface area (Å²) in [6.07, 6.45) is -0.284. The van der Waals surface area contributed by atoms with Crippen LogP contribution in [0.4, 0.5) is 0 Å². The minimum absolute atomic E-state index is 0.0624. The summed E-state index contributed by atoms with van der Waals surface area (Å²) >= 11 is 12.4. The standard InChI is InChI=1S/C24H25Cl2NO5S/c25-17-6-8-23(26)22(12-17)24-9-7-21(32-24)14-27(18-10-11-33(29,30)16-18)13-19(28)15-31-20-4-2-1-3-5-20/h1-9,12,18-19,28H,10-11,13-16H2. The Hall–Kier alpha value is -2.03. The molecule has 176 valence electrons. The van der Waals surface area contributed by atoms with Crippen molar-refractivity contribution in [2.75, 3.05) is 24.7 Å². The van der Waals surface area contributed by atoms with Gasteiger partial charge in [0, 0.05) is 23.2 Å². The van der Waals surface area contributed by atoms with Gasteiger partial charge in [-0.1, -0.05) is 41.4 Å². The van der Waals surface area contributed by atoms with E-state index in [1.54, 1.807) is 18.2 Å². The first-order valence-electron chi connectivity index (χ1n) is 10.6. The SMILES string of the molecule is O=S1(=O)CCC(N(Cc2ccc(-c3cc(Cl)ccc3Cl)o2)CC(O)COc2ccccc2)C1. The molecule has 2 atom stereocenters. The van der Waals surface area contributed by atoms with Crippen LogP contribution in [0.2, 0.25) is 10.0 Å². The van der Waals surface area contributed by atoms with E-state index in [1.807, 2.05) is 47.4 Å². The summed E-state index contributed by atoms with van der Waals surface area (Å²) < 4.78 is 35.9. The van der Waals surface area contributed by atoms with Gasteiger partial charge in [-0.05, 0) is 48.9 Å². The van der Waals surface area contributed by atoms with Crippen molar-refractivity contribution in [1.82, 2.24) is 4.90 Å². The second kappa shape index (κ2) is 10.5. The Kier molecular flexibility index (Phi) is 7.66. The van der Waals surface area contributed by atoms with Gasteiger partial charge in [-0.25, -0.2) is 8.42 Å². The molecule has 0 bridgehead atoms. The fourth-order valence-corrected chi connectivity index (χ4v) is 6.08. The lowest BCUT2D eigenvalue weighted by molar-refractivity contribution is 0.0498. The average molecular weight is 510 g/mol. The highest BCUT2D eigenvalue weighted by molar-refractivity contribution is 7.91. The smallest absolute Gasteiger partial charge is 0.151 e. The molecule has 33 heavy (non-hydrogen) atoms. The van der Waals surface area contributed by atoms with Crippen LogP contribution in [-0.2, 0) is 16.4 Å². The van der Waals surface area contributed by atoms with Crippen molar-refractivity contribution in [2.24, 2.45) is 0 Å². The van der Waals surface area contributed by atoms with Crippen LogP contribution in [0.1, 0.15) is 12.2 Å². The zero-order valence-electron chi connectivity index (χ0n) is 17.9. The molecular formula is C24H25Cl2NO5S. The van der Waals surface area contributed by atoms with E-state index >= 15 is 0 Å². The van der Waals surface area contributed by atoms with Crippen molar-refractivity contribution in [3.05, 3.63) is 76.5 Å². The maximum absolute atomic E-state index is 12.1. The largest absolute Gasteiger partial charge is 0.491 e. The van der Waals surface area contributed by atoms with E-state index in [0.29, 0.717) is 45.8 Å². The normalized spacial score (nSPS) is 18.5. The molecule has 1 aliphatic heterocycles. The van der Waals surface area contributed by atoms with Gasteiger partial charge in [0.05, 0.1) is 23.1 Å². The highest BCUT2D eigenvalue weighted by atomic mass is 35.5. The molecule has 0 radical (unpaired) electrons. The Morgan fingerprint density at radius 2 is 1.91 bits per heavy atom. The van der Waals surface area contributed by atoms with Crippen molar-refractivity contribution in [1.29, 1.82) is 0 Å². The van der Waals surface area contributed by atoms with Crippen molar-refractivity contribution < 1.29 is 22.7 Å². The molecule has 1 N–H and O–H groups in total. The molecule has 1 fully saturated rings. The number of para-hydroxylation sites is 1. The van der Waals surface area contributed by atoms with Gasteiger partial charge in [0.15, 0.2) is 9.84 Å². The zero-order valence-corrected chi connectivity index (χ0v) is 20.2. The van der Waals surface area contributed by atoms with E-state index in [9.17, 15) is 13.5 Å². The Morgan fingerprint density at radius 3 is 2.64 bits per heavy atom. The Bertz CT molecular complexity index is 1180. The molecule has 1 aromatic heterocycles. The van der Waals surface area contributed by atoms with E-state index in [2.05, 4.69) is 0 Å². The fraction of sp³-hybridized carbons (Fsp3) is 0.333. The molecule has 2 unspecified atom stereocenters. The van der Waals surface area contributed by atoms with Crippen LogP contribution >= 0.6 is 23.2 Å². The molecule has 0 aliphatic carbocycles. The van der Waals surface area contributed by atoms with Gasteiger partial charge in [0.1, 0.15) is 30.0 Å². The number of rotatable bonds is 9. The van der Waals surface area contributed by atoms with Gasteiger partial charge in [0.2, 0.25) is 0 Å². The van der Waals surface area contributed by atoms with Gasteiger partial charge in [-0.3, -0.25) is 4.90 Å². The second-order valence-corrected chi connectivity index (χ2v) is 11.2. The second-order valence-electron chi connectivity index (χ2n) is 8.15. The van der Waals surface area contributed by atoms with Crippen LogP contribution in [-0.4, -0.2) is 55.2 Å². The van der Waals surface area contributed by atoms with E-state index < -0.39 is 15.9 Å². The van der Waals surface area contributed by atoms with Crippen molar-refractivity contribution in [3.63, 3.8) is 0 Å². The molecule has 1 aliphatic rings. The zero-order chi connectivity index (χ0) is 23.4. The highest BCUT2D eigenvalue weighted by Crippen LogP contribution is 2.32. The number of ether oxygens (including phenoxy) is 1. The minimum Gasteiger partial charge on any atom is -0.491 e. The number of nitrogens with zero attached hydrogens (tertiary/aromatic N) is 1. The summed E-state index contributed by atoms with van der Waals surface area (Å²) in [6, 6.07) is 17.8. The molecule has 4 rings (SSSR count). The van der Waals surface area contributed by atoms with Gasteiger partial charge >= 0.3 is 0 Å². The highest BCUT2D eigenvalue weighted by Gasteiger charge is 2.33. The average Bonchev–Trinajstić information content (AvgIpc) is 3.40. The Morgan fingerprint density at radius 1 is 1.12 bits per heavy atom. The number of aliphatic hydroxyl groups is 1. The van der Waals surface area contributed by atoms with E-state index in [-0.39, 0.29) is 30.7 Å². The van der Waals surface area contributed by atoms with Crippen LogP contribution in [0.5, 0.6) is 5.75 Å². The van der Waals surface area contributed by atoms with E-state index in [1.165, 1.54) is 0 Å². The molecule has 3 aromatic rings. The Balaban J connectivity index is 1.47. The lowest BCUT2D eigenvalue weighted by atomic mass is 10.2. The molecule has 0 amide bonds.